The van der Waals surface area contributed by atoms with Gasteiger partial charge in [0.2, 0.25) is 0 Å². The molecule has 200 valence electrons. The van der Waals surface area contributed by atoms with E-state index in [2.05, 4.69) is 21.2 Å². The molecule has 1 spiro atoms. The number of halogens is 4. The van der Waals surface area contributed by atoms with Crippen LogP contribution in [0.15, 0.2) is 91.7 Å². The van der Waals surface area contributed by atoms with E-state index in [9.17, 15) is 4.79 Å². The molecule has 3 aliphatic rings. The molecule has 1 aromatic heterocycles. The molecule has 0 radical (unpaired) electrons. The summed E-state index contributed by atoms with van der Waals surface area (Å²) in [7, 11) is 0. The van der Waals surface area contributed by atoms with Crippen LogP contribution in [0.3, 0.4) is 0 Å². The molecule has 7 rings (SSSR count). The molecule has 3 aromatic carbocycles. The molecule has 0 aliphatic carbocycles. The maximum absolute atomic E-state index is 12.9. The van der Waals surface area contributed by atoms with Crippen molar-refractivity contribution in [3.8, 4) is 17.1 Å². The van der Waals surface area contributed by atoms with Crippen LogP contribution in [-0.4, -0.2) is 21.8 Å². The van der Waals surface area contributed by atoms with Crippen molar-refractivity contribution in [2.45, 2.75) is 18.3 Å². The molecule has 6 nitrogen and oxygen atoms in total. The van der Waals surface area contributed by atoms with Crippen LogP contribution in [-0.2, 0) is 0 Å². The Labute approximate surface area is 257 Å². The van der Waals surface area contributed by atoms with Crippen molar-refractivity contribution in [3.63, 3.8) is 0 Å². The zero-order valence-corrected chi connectivity index (χ0v) is 25.0. The number of hydrogen-bond donors (Lipinski definition) is 1. The standard InChI is InChI=1S/C29H17BrCl3N3O3S/c30-16-6-10-25-20(12-16)23-14-22(15-4-7-17(31)8-5-15)35-36(23)29(39-25)26(40-28(37)34-29)13-18-9-11-24(38-18)19-2-1-3-21(32)27(19)33/h1-13,23H,14H2,(H,34,37)/b26-13-. The van der Waals surface area contributed by atoms with Crippen molar-refractivity contribution in [1.29, 1.82) is 0 Å². The Kier molecular flexibility index (Phi) is 6.44. The molecule has 11 heteroatoms. The minimum absolute atomic E-state index is 0.188. The minimum atomic E-state index is -1.36. The lowest BCUT2D eigenvalue weighted by Crippen LogP contribution is -2.61. The van der Waals surface area contributed by atoms with Crippen molar-refractivity contribution in [2.75, 3.05) is 0 Å². The quantitative estimate of drug-likeness (QED) is 0.235. The number of hydrogen-bond acceptors (Lipinski definition) is 6. The number of fused-ring (bicyclic) bond motifs is 4. The predicted octanol–water partition coefficient (Wildman–Crippen LogP) is 9.36. The van der Waals surface area contributed by atoms with E-state index in [-0.39, 0.29) is 11.3 Å². The molecule has 3 aliphatic heterocycles. The summed E-state index contributed by atoms with van der Waals surface area (Å²) in [6, 6.07) is 22.2. The molecule has 2 unspecified atom stereocenters. The number of amides is 1. The van der Waals surface area contributed by atoms with E-state index < -0.39 is 5.85 Å². The summed E-state index contributed by atoms with van der Waals surface area (Å²) in [5, 5.41) is 11.1. The van der Waals surface area contributed by atoms with Gasteiger partial charge < -0.3 is 9.15 Å². The Morgan fingerprint density at radius 3 is 2.73 bits per heavy atom. The van der Waals surface area contributed by atoms with Crippen LogP contribution >= 0.6 is 62.5 Å². The number of carbonyl (C=O) groups excluding carboxylic acids is 1. The van der Waals surface area contributed by atoms with Crippen LogP contribution in [0.2, 0.25) is 15.1 Å². The second kappa shape index (κ2) is 9.89. The molecule has 40 heavy (non-hydrogen) atoms. The minimum Gasteiger partial charge on any atom is -0.457 e. The Morgan fingerprint density at radius 1 is 1.07 bits per heavy atom. The summed E-state index contributed by atoms with van der Waals surface area (Å²) < 4.78 is 13.7. The maximum atomic E-state index is 12.9. The average Bonchev–Trinajstić information content (AvgIpc) is 3.66. The third kappa shape index (κ3) is 4.33. The number of hydrazone groups is 1. The van der Waals surface area contributed by atoms with Gasteiger partial charge in [-0.15, -0.1) is 0 Å². The van der Waals surface area contributed by atoms with E-state index in [1.807, 2.05) is 71.7 Å². The van der Waals surface area contributed by atoms with Gasteiger partial charge >= 0.3 is 5.85 Å². The van der Waals surface area contributed by atoms with Gasteiger partial charge in [0.1, 0.15) is 17.3 Å². The summed E-state index contributed by atoms with van der Waals surface area (Å²) >= 11 is 23.4. The normalized spacial score (nSPS) is 22.2. The lowest BCUT2D eigenvalue weighted by Gasteiger charge is -2.45. The van der Waals surface area contributed by atoms with E-state index in [0.29, 0.717) is 49.2 Å². The van der Waals surface area contributed by atoms with Crippen molar-refractivity contribution in [1.82, 2.24) is 10.3 Å². The van der Waals surface area contributed by atoms with Gasteiger partial charge in [0.15, 0.2) is 0 Å². The number of thioether (sulfide) groups is 1. The zero-order chi connectivity index (χ0) is 27.6. The number of rotatable bonds is 3. The fourth-order valence-corrected chi connectivity index (χ4v) is 6.89. The number of furan rings is 1. The van der Waals surface area contributed by atoms with Crippen LogP contribution < -0.4 is 10.1 Å². The maximum Gasteiger partial charge on any atom is 0.314 e. The van der Waals surface area contributed by atoms with Crippen LogP contribution in [0.1, 0.15) is 29.3 Å². The first kappa shape index (κ1) is 26.0. The Morgan fingerprint density at radius 2 is 1.90 bits per heavy atom. The van der Waals surface area contributed by atoms with Gasteiger partial charge in [0.25, 0.3) is 5.24 Å². The van der Waals surface area contributed by atoms with Gasteiger partial charge in [0.05, 0.1) is 26.7 Å². The lowest BCUT2D eigenvalue weighted by atomic mass is 9.96. The summed E-state index contributed by atoms with van der Waals surface area (Å²) in [6.07, 6.45) is 2.41. The monoisotopic (exact) mass is 671 g/mol. The highest BCUT2D eigenvalue weighted by Crippen LogP contribution is 2.53. The molecule has 1 amide bonds. The van der Waals surface area contributed by atoms with E-state index in [4.69, 9.17) is 49.1 Å². The SMILES string of the molecule is O=C1NC2(Oc3ccc(Br)cc3C3CC(c4ccc(Cl)cc4)=NN32)/C(=C/c2ccc(-c3cccc(Cl)c3Cl)o2)S1. The Bertz CT molecular complexity index is 1760. The third-order valence-electron chi connectivity index (χ3n) is 6.92. The van der Waals surface area contributed by atoms with E-state index in [1.165, 1.54) is 0 Å². The lowest BCUT2D eigenvalue weighted by molar-refractivity contribution is -0.0949. The van der Waals surface area contributed by atoms with E-state index >= 15 is 0 Å². The highest BCUT2D eigenvalue weighted by atomic mass is 79.9. The smallest absolute Gasteiger partial charge is 0.314 e. The van der Waals surface area contributed by atoms with Gasteiger partial charge in [-0.2, -0.15) is 5.10 Å². The second-order valence-corrected chi connectivity index (χ2v) is 12.5. The number of carbonyl (C=O) groups is 1. The van der Waals surface area contributed by atoms with Crippen molar-refractivity contribution in [3.05, 3.63) is 114 Å². The summed E-state index contributed by atoms with van der Waals surface area (Å²) in [5.74, 6) is 0.378. The number of benzene rings is 3. The van der Waals surface area contributed by atoms with Crippen LogP contribution in [0, 0.1) is 0 Å². The third-order valence-corrected chi connectivity index (χ3v) is 9.39. The predicted molar refractivity (Wildman–Crippen MR) is 163 cm³/mol. The van der Waals surface area contributed by atoms with Crippen molar-refractivity contribution < 1.29 is 13.9 Å². The number of nitrogens with one attached hydrogen (secondary N) is 1. The topological polar surface area (TPSA) is 67.1 Å². The van der Waals surface area contributed by atoms with Gasteiger partial charge in [0, 0.05) is 27.0 Å². The largest absolute Gasteiger partial charge is 0.457 e. The van der Waals surface area contributed by atoms with Gasteiger partial charge in [-0.1, -0.05) is 68.9 Å². The fourth-order valence-electron chi connectivity index (χ4n) is 5.10. The zero-order valence-electron chi connectivity index (χ0n) is 20.3. The van der Waals surface area contributed by atoms with Gasteiger partial charge in [-0.3, -0.25) is 10.1 Å². The highest BCUT2D eigenvalue weighted by molar-refractivity contribution is 9.10. The first-order chi connectivity index (χ1) is 19.3. The van der Waals surface area contributed by atoms with Crippen molar-refractivity contribution >= 4 is 79.5 Å². The first-order valence-electron chi connectivity index (χ1n) is 12.2. The molecule has 4 aromatic rings. The van der Waals surface area contributed by atoms with Crippen LogP contribution in [0.4, 0.5) is 4.79 Å². The first-order valence-corrected chi connectivity index (χ1v) is 14.9. The van der Waals surface area contributed by atoms with Crippen molar-refractivity contribution in [2.24, 2.45) is 5.10 Å². The average molecular weight is 674 g/mol. The summed E-state index contributed by atoms with van der Waals surface area (Å²) in [6.45, 7) is 0. The molecular weight excluding hydrogens is 657 g/mol. The van der Waals surface area contributed by atoms with E-state index in [0.717, 1.165) is 33.1 Å². The summed E-state index contributed by atoms with van der Waals surface area (Å²) in [4.78, 5) is 13.5. The van der Waals surface area contributed by atoms with Gasteiger partial charge in [-0.25, -0.2) is 5.01 Å². The number of nitrogens with zero attached hydrogens (tertiary/aromatic N) is 2. The molecule has 2 atom stereocenters. The molecule has 4 heterocycles. The van der Waals surface area contributed by atoms with Gasteiger partial charge in [-0.05, 0) is 78.0 Å². The Balaban J connectivity index is 1.34. The molecule has 1 saturated heterocycles. The molecule has 1 fully saturated rings. The molecular formula is C29H17BrCl3N3O3S. The molecule has 0 bridgehead atoms. The Hall–Kier alpha value is -2.88. The summed E-state index contributed by atoms with van der Waals surface area (Å²) in [5.41, 5.74) is 3.45. The van der Waals surface area contributed by atoms with Crippen LogP contribution in [0.25, 0.3) is 17.4 Å². The van der Waals surface area contributed by atoms with Crippen LogP contribution in [0.5, 0.6) is 5.75 Å². The molecule has 1 N–H and O–H groups in total. The molecule has 0 saturated carbocycles. The number of ether oxygens (including phenoxy) is 1. The second-order valence-electron chi connectivity index (χ2n) is 9.37. The fraction of sp³-hybridized carbons (Fsp3) is 0.103. The van der Waals surface area contributed by atoms with E-state index in [1.54, 1.807) is 12.1 Å². The highest BCUT2D eigenvalue weighted by Gasteiger charge is 2.58.